The molecule has 0 radical (unpaired) electrons. The molecule has 0 saturated carbocycles. The van der Waals surface area contributed by atoms with Gasteiger partial charge in [-0.1, -0.05) is 23.2 Å². The zero-order chi connectivity index (χ0) is 19.6. The van der Waals surface area contributed by atoms with Gasteiger partial charge < -0.3 is 14.3 Å². The van der Waals surface area contributed by atoms with Crippen LogP contribution in [0.15, 0.2) is 39.5 Å². The third-order valence-electron chi connectivity index (χ3n) is 3.69. The normalized spacial score (nSPS) is 10.9. The van der Waals surface area contributed by atoms with Gasteiger partial charge in [-0.25, -0.2) is 4.79 Å². The minimum atomic E-state index is -0.653. The van der Waals surface area contributed by atoms with Crippen molar-refractivity contribution in [3.63, 3.8) is 0 Å². The number of ketones is 1. The highest BCUT2D eigenvalue weighted by molar-refractivity contribution is 7.18. The first-order chi connectivity index (χ1) is 12.8. The highest BCUT2D eigenvalue weighted by Gasteiger charge is 2.14. The van der Waals surface area contributed by atoms with Crippen LogP contribution in [-0.4, -0.2) is 16.9 Å². The second-order valence-electron chi connectivity index (χ2n) is 5.58. The van der Waals surface area contributed by atoms with Crippen LogP contribution in [0.25, 0.3) is 11.0 Å². The first-order valence-corrected chi connectivity index (χ1v) is 9.30. The van der Waals surface area contributed by atoms with Crippen LogP contribution in [0.5, 0.6) is 5.75 Å². The average molecular weight is 427 g/mol. The van der Waals surface area contributed by atoms with Crippen LogP contribution in [-0.2, 0) is 16.1 Å². The van der Waals surface area contributed by atoms with Gasteiger partial charge in [-0.05, 0) is 18.2 Å². The lowest BCUT2D eigenvalue weighted by Crippen LogP contribution is -2.09. The fourth-order valence-corrected chi connectivity index (χ4v) is 3.56. The van der Waals surface area contributed by atoms with Gasteiger partial charge in [-0.2, -0.15) is 0 Å². The van der Waals surface area contributed by atoms with E-state index in [9.17, 15) is 19.5 Å². The monoisotopic (exact) mass is 426 g/mol. The van der Waals surface area contributed by atoms with Crippen molar-refractivity contribution in [2.75, 3.05) is 0 Å². The van der Waals surface area contributed by atoms with Gasteiger partial charge in [0.25, 0.3) is 0 Å². The van der Waals surface area contributed by atoms with Crippen molar-refractivity contribution in [2.45, 2.75) is 19.4 Å². The summed E-state index contributed by atoms with van der Waals surface area (Å²) in [6.45, 7) is -0.193. The maximum atomic E-state index is 12.0. The highest BCUT2D eigenvalue weighted by Crippen LogP contribution is 2.30. The Balaban J connectivity index is 1.66. The number of phenolic OH excluding ortho intramolecular Hbond substituents is 1. The van der Waals surface area contributed by atoms with Crippen molar-refractivity contribution in [1.82, 2.24) is 0 Å². The van der Waals surface area contributed by atoms with Gasteiger partial charge in [0.1, 0.15) is 17.9 Å². The first-order valence-electron chi connectivity index (χ1n) is 7.73. The van der Waals surface area contributed by atoms with Gasteiger partial charge >= 0.3 is 11.6 Å². The molecule has 2 heterocycles. The molecule has 0 aliphatic rings. The largest absolute Gasteiger partial charge is 0.506 e. The van der Waals surface area contributed by atoms with Crippen molar-refractivity contribution >= 4 is 57.3 Å². The molecular weight excluding hydrogens is 415 g/mol. The van der Waals surface area contributed by atoms with Crippen LogP contribution >= 0.6 is 34.5 Å². The van der Waals surface area contributed by atoms with Crippen LogP contribution in [0.2, 0.25) is 9.36 Å². The molecule has 3 aromatic rings. The summed E-state index contributed by atoms with van der Waals surface area (Å²) in [4.78, 5) is 36.0. The Morgan fingerprint density at radius 3 is 2.63 bits per heavy atom. The summed E-state index contributed by atoms with van der Waals surface area (Å²) >= 11 is 12.8. The van der Waals surface area contributed by atoms with E-state index in [0.717, 1.165) is 11.3 Å². The number of Topliss-reactive ketones (excluding diaryl/α,β-unsaturated/α-hetero) is 1. The molecule has 0 aliphatic carbocycles. The number of esters is 1. The summed E-state index contributed by atoms with van der Waals surface area (Å²) in [6.07, 6.45) is -0.109. The number of thiophene rings is 1. The predicted octanol–water partition coefficient (Wildman–Crippen LogP) is 4.57. The lowest BCUT2D eigenvalue weighted by atomic mass is 10.1. The zero-order valence-corrected chi connectivity index (χ0v) is 16.0. The van der Waals surface area contributed by atoms with Crippen LogP contribution in [0, 0.1) is 0 Å². The molecule has 6 nitrogen and oxygen atoms in total. The van der Waals surface area contributed by atoms with Crippen molar-refractivity contribution in [2.24, 2.45) is 0 Å². The summed E-state index contributed by atoms with van der Waals surface area (Å²) in [5, 5.41) is 10.1. The van der Waals surface area contributed by atoms with Gasteiger partial charge in [-0.15, -0.1) is 11.3 Å². The maximum absolute atomic E-state index is 12.0. The molecule has 0 spiro atoms. The Morgan fingerprint density at radius 1 is 1.15 bits per heavy atom. The second kappa shape index (κ2) is 8.12. The molecule has 1 N–H and O–H groups in total. The molecule has 140 valence electrons. The number of fused-ring (bicyclic) bond motifs is 1. The van der Waals surface area contributed by atoms with E-state index in [1.165, 1.54) is 18.2 Å². The standard InChI is InChI=1S/C18H12Cl2O6S/c19-11-6-10-9(5-18(24)26-14(10)7-13(11)22)8-25-17(23)4-1-12(21)15-2-3-16(20)27-15/h2-3,5-7,22H,1,4,8H2. The first kappa shape index (κ1) is 19.4. The molecule has 0 unspecified atom stereocenters. The highest BCUT2D eigenvalue weighted by atomic mass is 35.5. The number of rotatable bonds is 6. The van der Waals surface area contributed by atoms with E-state index in [4.69, 9.17) is 32.4 Å². The molecule has 0 bridgehead atoms. The molecule has 0 atom stereocenters. The fourth-order valence-electron chi connectivity index (χ4n) is 2.39. The van der Waals surface area contributed by atoms with Crippen LogP contribution in [0.3, 0.4) is 0 Å². The Morgan fingerprint density at radius 2 is 1.93 bits per heavy atom. The molecule has 27 heavy (non-hydrogen) atoms. The zero-order valence-electron chi connectivity index (χ0n) is 13.7. The number of halogens is 2. The van der Waals surface area contributed by atoms with Crippen molar-refractivity contribution in [3.8, 4) is 5.75 Å². The molecule has 1 aromatic carbocycles. The third-order valence-corrected chi connectivity index (χ3v) is 5.27. The van der Waals surface area contributed by atoms with E-state index in [2.05, 4.69) is 0 Å². The predicted molar refractivity (Wildman–Crippen MR) is 102 cm³/mol. The SMILES string of the molecule is O=C(CCC(=O)c1ccc(Cl)s1)OCc1cc(=O)oc2cc(O)c(Cl)cc12. The Labute approximate surface area is 166 Å². The summed E-state index contributed by atoms with van der Waals surface area (Å²) in [7, 11) is 0. The summed E-state index contributed by atoms with van der Waals surface area (Å²) in [6, 6.07) is 7.04. The van der Waals surface area contributed by atoms with E-state index < -0.39 is 11.6 Å². The Kier molecular flexibility index (Phi) is 5.84. The Bertz CT molecular complexity index is 1090. The lowest BCUT2D eigenvalue weighted by molar-refractivity contribution is -0.144. The number of hydrogen-bond acceptors (Lipinski definition) is 7. The molecule has 0 amide bonds. The second-order valence-corrected chi connectivity index (χ2v) is 7.70. The number of hydrogen-bond donors (Lipinski definition) is 1. The van der Waals surface area contributed by atoms with Crippen LogP contribution in [0.1, 0.15) is 28.1 Å². The number of aromatic hydroxyl groups is 1. The van der Waals surface area contributed by atoms with E-state index in [-0.39, 0.29) is 41.6 Å². The number of phenols is 1. The van der Waals surface area contributed by atoms with Crippen molar-refractivity contribution < 1.29 is 23.8 Å². The van der Waals surface area contributed by atoms with E-state index in [1.54, 1.807) is 12.1 Å². The van der Waals surface area contributed by atoms with Crippen molar-refractivity contribution in [1.29, 1.82) is 0 Å². The number of carbonyl (C=O) groups excluding carboxylic acids is 2. The van der Waals surface area contributed by atoms with Crippen molar-refractivity contribution in [3.05, 3.63) is 60.6 Å². The summed E-state index contributed by atoms with van der Waals surface area (Å²) in [5.74, 6) is -1.01. The maximum Gasteiger partial charge on any atom is 0.336 e. The molecule has 0 aliphatic heterocycles. The van der Waals surface area contributed by atoms with Gasteiger partial charge in [0.15, 0.2) is 5.78 Å². The minimum Gasteiger partial charge on any atom is -0.506 e. The minimum absolute atomic E-state index is 0.00689. The molecule has 9 heteroatoms. The third kappa shape index (κ3) is 4.68. The fraction of sp³-hybridized carbons (Fsp3) is 0.167. The smallest absolute Gasteiger partial charge is 0.336 e. The molecule has 0 fully saturated rings. The van der Waals surface area contributed by atoms with Gasteiger partial charge in [-0.3, -0.25) is 9.59 Å². The quantitative estimate of drug-likeness (QED) is 0.352. The number of ether oxygens (including phenoxy) is 1. The average Bonchev–Trinajstić information content (AvgIpc) is 3.05. The van der Waals surface area contributed by atoms with Gasteiger partial charge in [0, 0.05) is 29.5 Å². The number of benzene rings is 1. The Hall–Kier alpha value is -2.35. The summed E-state index contributed by atoms with van der Waals surface area (Å²) < 4.78 is 10.7. The summed E-state index contributed by atoms with van der Waals surface area (Å²) in [5.41, 5.74) is -0.145. The van der Waals surface area contributed by atoms with Crippen LogP contribution < -0.4 is 5.63 Å². The van der Waals surface area contributed by atoms with Crippen LogP contribution in [0.4, 0.5) is 0 Å². The van der Waals surface area contributed by atoms with Gasteiger partial charge in [0.05, 0.1) is 20.7 Å². The molecule has 3 rings (SSSR count). The van der Waals surface area contributed by atoms with Gasteiger partial charge in [0.2, 0.25) is 0 Å². The topological polar surface area (TPSA) is 93.8 Å². The van der Waals surface area contributed by atoms with E-state index in [0.29, 0.717) is 20.2 Å². The lowest BCUT2D eigenvalue weighted by Gasteiger charge is -2.08. The van der Waals surface area contributed by atoms with E-state index >= 15 is 0 Å². The molecule has 2 aromatic heterocycles. The van der Waals surface area contributed by atoms with E-state index in [1.807, 2.05) is 0 Å². The molecule has 0 saturated heterocycles. The number of carbonyl (C=O) groups is 2. The molecular formula is C18H12Cl2O6S.